The van der Waals surface area contributed by atoms with E-state index in [9.17, 15) is 27.9 Å². The van der Waals surface area contributed by atoms with Crippen LogP contribution < -0.4 is 5.32 Å². The number of aliphatic carboxylic acids is 2. The van der Waals surface area contributed by atoms with E-state index >= 15 is 0 Å². The normalized spacial score (nSPS) is 10.6. The number of carbonyl (C=O) groups excluding carboxylic acids is 1. The van der Waals surface area contributed by atoms with Gasteiger partial charge >= 0.3 is 18.1 Å². The summed E-state index contributed by atoms with van der Waals surface area (Å²) in [7, 11) is 2.99. The van der Waals surface area contributed by atoms with Crippen LogP contribution >= 0.6 is 21.6 Å². The molecular formula is C16H20F3NO6S2. The van der Waals surface area contributed by atoms with E-state index in [4.69, 9.17) is 15.0 Å². The molecule has 0 spiro atoms. The van der Waals surface area contributed by atoms with E-state index in [2.05, 4.69) is 5.32 Å². The van der Waals surface area contributed by atoms with Gasteiger partial charge in [-0.05, 0) is 25.0 Å². The highest BCUT2D eigenvalue weighted by Gasteiger charge is 2.38. The summed E-state index contributed by atoms with van der Waals surface area (Å²) in [4.78, 5) is 31.3. The molecule has 0 atom stereocenters. The number of carboxylic acid groups (broad SMARTS) is 2. The summed E-state index contributed by atoms with van der Waals surface area (Å²) in [5, 5.41) is 28.3. The molecule has 1 aromatic rings. The Balaban J connectivity index is 0.000000887. The number of benzene rings is 1. The first-order valence-corrected chi connectivity index (χ1v) is 10.2. The predicted molar refractivity (Wildman–Crippen MR) is 101 cm³/mol. The molecule has 7 nitrogen and oxygen atoms in total. The molecule has 1 aromatic carbocycles. The maximum Gasteiger partial charge on any atom is 0.490 e. The van der Waals surface area contributed by atoms with Gasteiger partial charge in [0.25, 0.3) is 5.91 Å². The van der Waals surface area contributed by atoms with Gasteiger partial charge in [0.1, 0.15) is 5.75 Å². The smallest absolute Gasteiger partial charge is 0.490 e. The van der Waals surface area contributed by atoms with Crippen molar-refractivity contribution in [2.24, 2.45) is 0 Å². The molecule has 0 fully saturated rings. The van der Waals surface area contributed by atoms with Gasteiger partial charge in [0.2, 0.25) is 0 Å². The van der Waals surface area contributed by atoms with E-state index < -0.39 is 18.1 Å². The van der Waals surface area contributed by atoms with Crippen LogP contribution in [0, 0.1) is 13.8 Å². The number of rotatable bonds is 8. The average molecular weight is 443 g/mol. The molecule has 1 rings (SSSR count). The monoisotopic (exact) mass is 443 g/mol. The second kappa shape index (κ2) is 12.4. The van der Waals surface area contributed by atoms with E-state index in [0.29, 0.717) is 29.2 Å². The van der Waals surface area contributed by atoms with Crippen molar-refractivity contribution < 1.29 is 42.9 Å². The van der Waals surface area contributed by atoms with Crippen molar-refractivity contribution in [3.63, 3.8) is 0 Å². The van der Waals surface area contributed by atoms with Crippen LogP contribution in [0.15, 0.2) is 12.1 Å². The molecule has 1 amide bonds. The van der Waals surface area contributed by atoms with Crippen molar-refractivity contribution in [2.45, 2.75) is 26.4 Å². The van der Waals surface area contributed by atoms with E-state index in [1.54, 1.807) is 26.0 Å². The number of hydrogen-bond donors (Lipinski definition) is 4. The lowest BCUT2D eigenvalue weighted by atomic mass is 10.0. The molecule has 0 unspecified atom stereocenters. The number of carboxylic acids is 2. The number of amides is 1. The molecule has 0 bridgehead atoms. The highest BCUT2D eigenvalue weighted by Crippen LogP contribution is 2.25. The van der Waals surface area contributed by atoms with Gasteiger partial charge in [-0.1, -0.05) is 33.7 Å². The van der Waals surface area contributed by atoms with Crippen molar-refractivity contribution in [3.05, 3.63) is 28.8 Å². The Morgan fingerprint density at radius 2 is 1.54 bits per heavy atom. The summed E-state index contributed by atoms with van der Waals surface area (Å²) >= 11 is 0. The molecule has 4 N–H and O–H groups in total. The SMILES string of the molecule is Cc1ccc(C)c(C(=O)NCCSSCCC(=O)O)c1O.O=C(O)C(F)(F)F. The second-order valence-electron chi connectivity index (χ2n) is 5.27. The first-order valence-electron chi connectivity index (χ1n) is 7.71. The van der Waals surface area contributed by atoms with Gasteiger partial charge in [-0.15, -0.1) is 0 Å². The molecule has 0 heterocycles. The first-order chi connectivity index (χ1) is 12.9. The summed E-state index contributed by atoms with van der Waals surface area (Å²) in [6.45, 7) is 4.00. The number of phenols is 1. The number of aromatic hydroxyl groups is 1. The highest BCUT2D eigenvalue weighted by atomic mass is 33.1. The standard InChI is InChI=1S/C14H19NO4S2.C2HF3O2/c1-9-3-4-10(2)13(18)12(9)14(19)15-6-8-21-20-7-5-11(16)17;3-2(4,5)1(6)7/h3-4,18H,5-8H2,1-2H3,(H,15,19)(H,16,17);(H,6,7). The minimum atomic E-state index is -5.08. The minimum absolute atomic E-state index is 0.0241. The van der Waals surface area contributed by atoms with Gasteiger partial charge in [-0.25, -0.2) is 4.79 Å². The largest absolute Gasteiger partial charge is 0.507 e. The Labute approximate surface area is 167 Å². The second-order valence-corrected chi connectivity index (χ2v) is 7.97. The van der Waals surface area contributed by atoms with Crippen molar-refractivity contribution in [3.8, 4) is 5.75 Å². The molecule has 0 aliphatic rings. The Morgan fingerprint density at radius 3 is 2.04 bits per heavy atom. The maximum absolute atomic E-state index is 12.1. The van der Waals surface area contributed by atoms with Gasteiger partial charge in [-0.2, -0.15) is 13.2 Å². The van der Waals surface area contributed by atoms with E-state index in [1.807, 2.05) is 0 Å². The van der Waals surface area contributed by atoms with Crippen LogP contribution in [0.2, 0.25) is 0 Å². The molecule has 0 saturated heterocycles. The first kappa shape index (κ1) is 25.9. The van der Waals surface area contributed by atoms with Crippen molar-refractivity contribution in [2.75, 3.05) is 18.1 Å². The Hall–Kier alpha value is -2.08. The van der Waals surface area contributed by atoms with Crippen molar-refractivity contribution >= 4 is 39.4 Å². The minimum Gasteiger partial charge on any atom is -0.507 e. The molecular weight excluding hydrogens is 423 g/mol. The van der Waals surface area contributed by atoms with Crippen LogP contribution in [0.3, 0.4) is 0 Å². The van der Waals surface area contributed by atoms with Crippen LogP contribution in [0.1, 0.15) is 27.9 Å². The third-order valence-corrected chi connectivity index (χ3v) is 5.42. The quantitative estimate of drug-likeness (QED) is 0.357. The molecule has 28 heavy (non-hydrogen) atoms. The Bertz CT molecular complexity index is 698. The summed E-state index contributed by atoms with van der Waals surface area (Å²) in [6.07, 6.45) is -4.94. The zero-order chi connectivity index (χ0) is 21.9. The van der Waals surface area contributed by atoms with E-state index in [1.165, 1.54) is 21.6 Å². The number of aryl methyl sites for hydroxylation is 2. The third kappa shape index (κ3) is 10.3. The number of carbonyl (C=O) groups is 3. The Kier molecular flexibility index (Phi) is 11.5. The zero-order valence-corrected chi connectivity index (χ0v) is 16.6. The van der Waals surface area contributed by atoms with Gasteiger partial charge in [0, 0.05) is 18.1 Å². The molecule has 0 aliphatic carbocycles. The lowest BCUT2D eigenvalue weighted by Crippen LogP contribution is -2.26. The van der Waals surface area contributed by atoms with Crippen molar-refractivity contribution in [1.29, 1.82) is 0 Å². The lowest BCUT2D eigenvalue weighted by Gasteiger charge is -2.11. The fourth-order valence-corrected chi connectivity index (χ4v) is 3.51. The summed E-state index contributed by atoms with van der Waals surface area (Å²) in [5.41, 5.74) is 1.72. The number of alkyl halides is 3. The molecule has 0 aliphatic heterocycles. The molecule has 0 saturated carbocycles. The van der Waals surface area contributed by atoms with Gasteiger partial charge < -0.3 is 20.6 Å². The molecule has 12 heteroatoms. The molecule has 0 radical (unpaired) electrons. The van der Waals surface area contributed by atoms with Gasteiger partial charge in [0.15, 0.2) is 0 Å². The topological polar surface area (TPSA) is 124 Å². The summed E-state index contributed by atoms with van der Waals surface area (Å²) in [6, 6.07) is 3.58. The van der Waals surface area contributed by atoms with E-state index in [-0.39, 0.29) is 18.1 Å². The van der Waals surface area contributed by atoms with Crippen molar-refractivity contribution in [1.82, 2.24) is 5.32 Å². The van der Waals surface area contributed by atoms with Gasteiger partial charge in [0.05, 0.1) is 12.0 Å². The fourth-order valence-electron chi connectivity index (χ4n) is 1.62. The van der Waals surface area contributed by atoms with Gasteiger partial charge in [-0.3, -0.25) is 9.59 Å². The fraction of sp³-hybridized carbons (Fsp3) is 0.438. The Morgan fingerprint density at radius 1 is 1.04 bits per heavy atom. The van der Waals surface area contributed by atoms with E-state index in [0.717, 1.165) is 5.56 Å². The number of nitrogens with one attached hydrogen (secondary N) is 1. The average Bonchev–Trinajstić information content (AvgIpc) is 2.57. The highest BCUT2D eigenvalue weighted by molar-refractivity contribution is 8.76. The lowest BCUT2D eigenvalue weighted by molar-refractivity contribution is -0.192. The third-order valence-electron chi connectivity index (χ3n) is 3.01. The van der Waals surface area contributed by atoms with Crippen LogP contribution in [0.4, 0.5) is 13.2 Å². The summed E-state index contributed by atoms with van der Waals surface area (Å²) in [5.74, 6) is -2.59. The van der Waals surface area contributed by atoms with Crippen LogP contribution in [-0.4, -0.2) is 57.4 Å². The maximum atomic E-state index is 12.1. The number of hydrogen-bond acceptors (Lipinski definition) is 6. The van der Waals surface area contributed by atoms with Crippen LogP contribution in [-0.2, 0) is 9.59 Å². The number of halogens is 3. The molecule has 158 valence electrons. The van der Waals surface area contributed by atoms with Crippen LogP contribution in [0.5, 0.6) is 5.75 Å². The summed E-state index contributed by atoms with van der Waals surface area (Å²) < 4.78 is 31.7. The zero-order valence-electron chi connectivity index (χ0n) is 15.0. The van der Waals surface area contributed by atoms with Crippen LogP contribution in [0.25, 0.3) is 0 Å². The predicted octanol–water partition coefficient (Wildman–Crippen LogP) is 3.23. The molecule has 0 aromatic heterocycles. The number of phenolic OH excluding ortho intramolecular Hbond substituents is 1.